The minimum Gasteiger partial charge on any atom is -0.485 e. The number of halogens is 2. The molecule has 0 bridgehead atoms. The van der Waals surface area contributed by atoms with Crippen LogP contribution in [0.2, 0.25) is 5.15 Å². The van der Waals surface area contributed by atoms with Crippen molar-refractivity contribution in [2.24, 2.45) is 7.05 Å². The van der Waals surface area contributed by atoms with Gasteiger partial charge in [0.05, 0.1) is 6.20 Å². The molecule has 2 rings (SSSR count). The molecule has 1 aromatic carbocycles. The SMILES string of the molecule is CC(C)NCc1cc(Br)ccc1OCc1ncc(Cl)n1C. The molecule has 0 saturated carbocycles. The van der Waals surface area contributed by atoms with Crippen molar-refractivity contribution < 1.29 is 4.74 Å². The quantitative estimate of drug-likeness (QED) is 0.835. The summed E-state index contributed by atoms with van der Waals surface area (Å²) in [4.78, 5) is 4.23. The molecular weight excluding hydrogens is 354 g/mol. The van der Waals surface area contributed by atoms with Gasteiger partial charge in [-0.3, -0.25) is 0 Å². The van der Waals surface area contributed by atoms with Gasteiger partial charge in [0.15, 0.2) is 0 Å². The van der Waals surface area contributed by atoms with E-state index < -0.39 is 0 Å². The molecule has 0 aliphatic heterocycles. The van der Waals surface area contributed by atoms with Crippen LogP contribution in [-0.2, 0) is 20.2 Å². The minimum atomic E-state index is 0.388. The molecule has 0 aliphatic carbocycles. The average Bonchev–Trinajstić information content (AvgIpc) is 2.75. The number of imidazole rings is 1. The highest BCUT2D eigenvalue weighted by atomic mass is 79.9. The molecular formula is C15H19BrClN3O. The highest BCUT2D eigenvalue weighted by Gasteiger charge is 2.09. The third-order valence-electron chi connectivity index (χ3n) is 3.11. The zero-order chi connectivity index (χ0) is 15.4. The summed E-state index contributed by atoms with van der Waals surface area (Å²) in [6.45, 7) is 5.39. The molecule has 0 radical (unpaired) electrons. The third-order valence-corrected chi connectivity index (χ3v) is 3.95. The second-order valence-electron chi connectivity index (χ2n) is 5.13. The van der Waals surface area contributed by atoms with Crippen LogP contribution in [0.25, 0.3) is 0 Å². The van der Waals surface area contributed by atoms with Gasteiger partial charge in [-0.1, -0.05) is 41.4 Å². The molecule has 114 valence electrons. The predicted octanol–water partition coefficient (Wildman–Crippen LogP) is 3.91. The maximum Gasteiger partial charge on any atom is 0.147 e. The van der Waals surface area contributed by atoms with Gasteiger partial charge in [-0.25, -0.2) is 4.98 Å². The first-order valence-corrected chi connectivity index (χ1v) is 7.95. The minimum absolute atomic E-state index is 0.388. The number of aromatic nitrogens is 2. The van der Waals surface area contributed by atoms with Gasteiger partial charge in [0.2, 0.25) is 0 Å². The van der Waals surface area contributed by atoms with Gasteiger partial charge < -0.3 is 14.6 Å². The Hall–Kier alpha value is -1.04. The Morgan fingerprint density at radius 2 is 2.19 bits per heavy atom. The van der Waals surface area contributed by atoms with Crippen LogP contribution in [0.4, 0.5) is 0 Å². The van der Waals surface area contributed by atoms with E-state index in [9.17, 15) is 0 Å². The fourth-order valence-corrected chi connectivity index (χ4v) is 2.40. The molecule has 21 heavy (non-hydrogen) atoms. The predicted molar refractivity (Wildman–Crippen MR) is 88.7 cm³/mol. The summed E-state index contributed by atoms with van der Waals surface area (Å²) in [7, 11) is 1.87. The number of benzene rings is 1. The smallest absolute Gasteiger partial charge is 0.147 e. The van der Waals surface area contributed by atoms with Gasteiger partial charge in [-0.05, 0) is 18.2 Å². The Balaban J connectivity index is 2.10. The standard InChI is InChI=1S/C15H19BrClN3O/c1-10(2)18-7-11-6-12(16)4-5-13(11)21-9-15-19-8-14(17)20(15)3/h4-6,8,10,18H,7,9H2,1-3H3. The van der Waals surface area contributed by atoms with Crippen LogP contribution >= 0.6 is 27.5 Å². The van der Waals surface area contributed by atoms with Gasteiger partial charge in [0, 0.05) is 29.7 Å². The van der Waals surface area contributed by atoms with E-state index in [1.165, 1.54) is 0 Å². The summed E-state index contributed by atoms with van der Waals surface area (Å²) in [5.41, 5.74) is 1.11. The molecule has 2 aromatic rings. The second-order valence-corrected chi connectivity index (χ2v) is 6.44. The zero-order valence-corrected chi connectivity index (χ0v) is 14.7. The number of nitrogens with zero attached hydrogens (tertiary/aromatic N) is 2. The van der Waals surface area contributed by atoms with Gasteiger partial charge in [0.25, 0.3) is 0 Å². The summed E-state index contributed by atoms with van der Waals surface area (Å²) >= 11 is 9.47. The normalized spacial score (nSPS) is 11.1. The Kier molecular flexibility index (Phi) is 5.67. The first-order chi connectivity index (χ1) is 9.97. The van der Waals surface area contributed by atoms with Crippen LogP contribution < -0.4 is 10.1 Å². The number of rotatable bonds is 6. The first-order valence-electron chi connectivity index (χ1n) is 6.78. The number of nitrogens with one attached hydrogen (secondary N) is 1. The van der Waals surface area contributed by atoms with Gasteiger partial charge in [0.1, 0.15) is 23.3 Å². The lowest BCUT2D eigenvalue weighted by Crippen LogP contribution is -2.22. The third kappa shape index (κ3) is 4.46. The molecule has 4 nitrogen and oxygen atoms in total. The molecule has 0 aliphatic rings. The van der Waals surface area contributed by atoms with Crippen molar-refractivity contribution in [1.29, 1.82) is 0 Å². The number of ether oxygens (including phenoxy) is 1. The molecule has 0 fully saturated rings. The maximum atomic E-state index is 5.98. The molecule has 0 spiro atoms. The largest absolute Gasteiger partial charge is 0.485 e. The van der Waals surface area contributed by atoms with Crippen LogP contribution in [0.1, 0.15) is 25.2 Å². The van der Waals surface area contributed by atoms with Gasteiger partial charge in [-0.15, -0.1) is 0 Å². The Bertz CT molecular complexity index is 613. The van der Waals surface area contributed by atoms with Gasteiger partial charge in [-0.2, -0.15) is 0 Å². The fraction of sp³-hybridized carbons (Fsp3) is 0.400. The first kappa shape index (κ1) is 16.3. The lowest BCUT2D eigenvalue weighted by atomic mass is 10.2. The van der Waals surface area contributed by atoms with Crippen molar-refractivity contribution in [3.8, 4) is 5.75 Å². The molecule has 1 aromatic heterocycles. The van der Waals surface area contributed by atoms with Crippen molar-refractivity contribution >= 4 is 27.5 Å². The summed E-state index contributed by atoms with van der Waals surface area (Å²) in [6, 6.07) is 6.42. The Morgan fingerprint density at radius 1 is 1.43 bits per heavy atom. The second kappa shape index (κ2) is 7.29. The highest BCUT2D eigenvalue weighted by molar-refractivity contribution is 9.10. The Labute approximate surface area is 138 Å². The topological polar surface area (TPSA) is 39.1 Å². The highest BCUT2D eigenvalue weighted by Crippen LogP contribution is 2.24. The molecule has 1 N–H and O–H groups in total. The molecule has 0 saturated heterocycles. The summed E-state index contributed by atoms with van der Waals surface area (Å²) in [5, 5.41) is 4.00. The van der Waals surface area contributed by atoms with Gasteiger partial charge >= 0.3 is 0 Å². The maximum absolute atomic E-state index is 5.98. The number of hydrogen-bond donors (Lipinski definition) is 1. The van der Waals surface area contributed by atoms with E-state index in [2.05, 4.69) is 46.1 Å². The van der Waals surface area contributed by atoms with Crippen molar-refractivity contribution in [2.45, 2.75) is 33.0 Å². The van der Waals surface area contributed by atoms with Crippen LogP contribution in [0.3, 0.4) is 0 Å². The van der Waals surface area contributed by atoms with Crippen LogP contribution in [0, 0.1) is 0 Å². The van der Waals surface area contributed by atoms with E-state index in [-0.39, 0.29) is 0 Å². The lowest BCUT2D eigenvalue weighted by molar-refractivity contribution is 0.288. The molecule has 0 amide bonds. The lowest BCUT2D eigenvalue weighted by Gasteiger charge is -2.14. The Morgan fingerprint density at radius 3 is 2.81 bits per heavy atom. The summed E-state index contributed by atoms with van der Waals surface area (Å²) in [5.74, 6) is 1.65. The molecule has 0 atom stereocenters. The van der Waals surface area contributed by atoms with Crippen LogP contribution in [0.5, 0.6) is 5.75 Å². The summed E-state index contributed by atoms with van der Waals surface area (Å²) < 4.78 is 8.75. The molecule has 6 heteroatoms. The summed E-state index contributed by atoms with van der Waals surface area (Å²) in [6.07, 6.45) is 1.63. The van der Waals surface area contributed by atoms with E-state index in [1.54, 1.807) is 6.20 Å². The van der Waals surface area contributed by atoms with E-state index in [1.807, 2.05) is 23.7 Å². The van der Waals surface area contributed by atoms with Crippen molar-refractivity contribution in [2.75, 3.05) is 0 Å². The van der Waals surface area contributed by atoms with Crippen LogP contribution in [-0.4, -0.2) is 15.6 Å². The fourth-order valence-electron chi connectivity index (χ4n) is 1.84. The average molecular weight is 373 g/mol. The van der Waals surface area contributed by atoms with E-state index >= 15 is 0 Å². The molecule has 1 heterocycles. The van der Waals surface area contributed by atoms with Crippen molar-refractivity contribution in [1.82, 2.24) is 14.9 Å². The molecule has 0 unspecified atom stereocenters. The number of hydrogen-bond acceptors (Lipinski definition) is 3. The van der Waals surface area contributed by atoms with Crippen molar-refractivity contribution in [3.05, 3.63) is 45.4 Å². The van der Waals surface area contributed by atoms with E-state index in [0.29, 0.717) is 17.8 Å². The monoisotopic (exact) mass is 371 g/mol. The van der Waals surface area contributed by atoms with E-state index in [4.69, 9.17) is 16.3 Å². The van der Waals surface area contributed by atoms with Crippen LogP contribution in [0.15, 0.2) is 28.9 Å². The zero-order valence-electron chi connectivity index (χ0n) is 12.4. The van der Waals surface area contributed by atoms with Crippen molar-refractivity contribution in [3.63, 3.8) is 0 Å². The van der Waals surface area contributed by atoms with E-state index in [0.717, 1.165) is 28.2 Å².